The molecule has 0 saturated heterocycles. The van der Waals surface area contributed by atoms with E-state index in [1.807, 2.05) is 76.2 Å². The van der Waals surface area contributed by atoms with Crippen molar-refractivity contribution in [3.05, 3.63) is 65.5 Å². The molecule has 4 rings (SSSR count). The van der Waals surface area contributed by atoms with E-state index in [1.165, 1.54) is 0 Å². The minimum absolute atomic E-state index is 0.286. The summed E-state index contributed by atoms with van der Waals surface area (Å²) in [6.45, 7) is 8.49. The van der Waals surface area contributed by atoms with Crippen LogP contribution in [-0.4, -0.2) is 28.8 Å². The summed E-state index contributed by atoms with van der Waals surface area (Å²) in [5.74, 6) is 1.53. The van der Waals surface area contributed by atoms with Crippen molar-refractivity contribution in [3.63, 3.8) is 0 Å². The number of nitrogens with zero attached hydrogens (tertiary/aromatic N) is 1. The minimum atomic E-state index is -0.820. The minimum Gasteiger partial charge on any atom is -0.493 e. The van der Waals surface area contributed by atoms with Gasteiger partial charge >= 0.3 is 5.97 Å². The maximum atomic E-state index is 11.8. The molecule has 0 amide bonds. The molecular formula is C27H31NO5. The molecule has 0 aliphatic carbocycles. The maximum absolute atomic E-state index is 11.8. The van der Waals surface area contributed by atoms with Crippen molar-refractivity contribution in [2.75, 3.05) is 6.61 Å². The van der Waals surface area contributed by atoms with Gasteiger partial charge in [0.15, 0.2) is 0 Å². The van der Waals surface area contributed by atoms with Gasteiger partial charge in [0.2, 0.25) is 5.89 Å². The average Bonchev–Trinajstić information content (AvgIpc) is 3.16. The van der Waals surface area contributed by atoms with E-state index < -0.39 is 18.0 Å². The first kappa shape index (κ1) is 22.9. The second kappa shape index (κ2) is 9.30. The Kier molecular flexibility index (Phi) is 6.45. The molecule has 1 aliphatic rings. The van der Waals surface area contributed by atoms with Gasteiger partial charge in [-0.1, -0.05) is 45.0 Å². The maximum Gasteiger partial charge on any atom is 0.310 e. The Morgan fingerprint density at radius 3 is 2.64 bits per heavy atom. The van der Waals surface area contributed by atoms with Crippen LogP contribution < -0.4 is 9.47 Å². The zero-order valence-corrected chi connectivity index (χ0v) is 19.6. The number of fused-ring (bicyclic) bond motifs is 1. The highest BCUT2D eigenvalue weighted by molar-refractivity contribution is 5.72. The molecule has 0 radical (unpaired) electrons. The summed E-state index contributed by atoms with van der Waals surface area (Å²) in [5.41, 5.74) is 2.53. The molecule has 1 aliphatic heterocycles. The molecule has 0 fully saturated rings. The van der Waals surface area contributed by atoms with Crippen LogP contribution >= 0.6 is 0 Å². The van der Waals surface area contributed by atoms with E-state index in [0.29, 0.717) is 24.7 Å². The third-order valence-electron chi connectivity index (χ3n) is 6.01. The van der Waals surface area contributed by atoms with Crippen molar-refractivity contribution in [1.29, 1.82) is 0 Å². The summed E-state index contributed by atoms with van der Waals surface area (Å²) < 4.78 is 18.0. The molecule has 1 aromatic heterocycles. The molecular weight excluding hydrogens is 418 g/mol. The number of rotatable bonds is 7. The zero-order valence-electron chi connectivity index (χ0n) is 19.6. The predicted molar refractivity (Wildman–Crippen MR) is 126 cm³/mol. The monoisotopic (exact) mass is 449 g/mol. The number of aryl methyl sites for hydroxylation is 2. The number of aliphatic carboxylic acids is 1. The second-order valence-corrected chi connectivity index (χ2v) is 9.66. The van der Waals surface area contributed by atoms with Crippen LogP contribution in [-0.2, 0) is 17.6 Å². The first-order chi connectivity index (χ1) is 15.7. The fraction of sp³-hybridized carbons (Fsp3) is 0.407. The number of carbonyl (C=O) groups is 1. The van der Waals surface area contributed by atoms with E-state index in [4.69, 9.17) is 13.9 Å². The van der Waals surface area contributed by atoms with E-state index in [1.54, 1.807) is 0 Å². The van der Waals surface area contributed by atoms with Crippen molar-refractivity contribution in [3.8, 4) is 23.0 Å². The molecule has 6 heteroatoms. The average molecular weight is 450 g/mol. The predicted octanol–water partition coefficient (Wildman–Crippen LogP) is 5.71. The third kappa shape index (κ3) is 5.21. The number of oxazole rings is 1. The Hall–Kier alpha value is -3.28. The Balaban J connectivity index is 1.36. The van der Waals surface area contributed by atoms with Gasteiger partial charge in [0.1, 0.15) is 23.4 Å². The number of carboxylic acids is 1. The van der Waals surface area contributed by atoms with Crippen LogP contribution in [0, 0.1) is 18.3 Å². The first-order valence-corrected chi connectivity index (χ1v) is 11.4. The normalized spacial score (nSPS) is 17.8. The van der Waals surface area contributed by atoms with Crippen LogP contribution in [0.15, 0.2) is 52.9 Å². The molecule has 2 aromatic carbocycles. The number of benzene rings is 2. The lowest BCUT2D eigenvalue weighted by molar-refractivity contribution is -0.148. The molecule has 174 valence electrons. The molecule has 0 saturated carbocycles. The van der Waals surface area contributed by atoms with E-state index in [2.05, 4.69) is 4.98 Å². The number of carboxylic acid groups (broad SMARTS) is 1. The summed E-state index contributed by atoms with van der Waals surface area (Å²) in [7, 11) is 0. The van der Waals surface area contributed by atoms with Crippen LogP contribution in [0.25, 0.3) is 11.5 Å². The molecule has 1 N–H and O–H groups in total. The van der Waals surface area contributed by atoms with Crippen molar-refractivity contribution < 1.29 is 23.8 Å². The van der Waals surface area contributed by atoms with Gasteiger partial charge in [-0.25, -0.2) is 4.98 Å². The molecule has 2 atom stereocenters. The summed E-state index contributed by atoms with van der Waals surface area (Å²) in [4.78, 5) is 16.4. The highest BCUT2D eigenvalue weighted by atomic mass is 16.5. The number of ether oxygens (including phenoxy) is 2. The van der Waals surface area contributed by atoms with Gasteiger partial charge < -0.3 is 19.0 Å². The van der Waals surface area contributed by atoms with E-state index in [-0.39, 0.29) is 5.41 Å². The molecule has 2 unspecified atom stereocenters. The van der Waals surface area contributed by atoms with Crippen molar-refractivity contribution in [2.24, 2.45) is 11.3 Å². The standard InChI is InChI=1S/C27H31NO5/c1-17-22(28-25(32-17)18-9-6-5-7-10-18)11-8-14-31-20-13-12-19-15-21(26(29)30)24(27(2,3)4)33-23(19)16-20/h5-7,9-10,12-13,16,21,24H,8,11,14-15H2,1-4H3,(H,29,30). The summed E-state index contributed by atoms with van der Waals surface area (Å²) in [6, 6.07) is 15.5. The van der Waals surface area contributed by atoms with Gasteiger partial charge in [-0.15, -0.1) is 0 Å². The van der Waals surface area contributed by atoms with Crippen LogP contribution in [0.2, 0.25) is 0 Å². The van der Waals surface area contributed by atoms with Gasteiger partial charge in [-0.3, -0.25) is 4.79 Å². The van der Waals surface area contributed by atoms with Crippen LogP contribution in [0.3, 0.4) is 0 Å². The lowest BCUT2D eigenvalue weighted by Crippen LogP contribution is -2.46. The fourth-order valence-electron chi connectivity index (χ4n) is 4.26. The van der Waals surface area contributed by atoms with E-state index in [0.717, 1.165) is 41.2 Å². The van der Waals surface area contributed by atoms with Gasteiger partial charge in [-0.2, -0.15) is 0 Å². The summed E-state index contributed by atoms with van der Waals surface area (Å²) in [6.07, 6.45) is 1.62. The topological polar surface area (TPSA) is 81.8 Å². The Morgan fingerprint density at radius 2 is 1.94 bits per heavy atom. The van der Waals surface area contributed by atoms with Crippen molar-refractivity contribution in [1.82, 2.24) is 4.98 Å². The molecule has 6 nitrogen and oxygen atoms in total. The smallest absolute Gasteiger partial charge is 0.310 e. The van der Waals surface area contributed by atoms with Gasteiger partial charge in [0.05, 0.1) is 18.2 Å². The first-order valence-electron chi connectivity index (χ1n) is 11.4. The zero-order chi connectivity index (χ0) is 23.6. The largest absolute Gasteiger partial charge is 0.493 e. The highest BCUT2D eigenvalue weighted by Crippen LogP contribution is 2.40. The lowest BCUT2D eigenvalue weighted by Gasteiger charge is -2.39. The van der Waals surface area contributed by atoms with Gasteiger partial charge in [0, 0.05) is 11.6 Å². The van der Waals surface area contributed by atoms with Crippen LogP contribution in [0.4, 0.5) is 0 Å². The Bertz CT molecular complexity index is 1110. The van der Waals surface area contributed by atoms with E-state index >= 15 is 0 Å². The molecule has 3 aromatic rings. The van der Waals surface area contributed by atoms with Gasteiger partial charge in [-0.05, 0) is 55.4 Å². The fourth-order valence-corrected chi connectivity index (χ4v) is 4.26. The Morgan fingerprint density at radius 1 is 1.18 bits per heavy atom. The molecule has 33 heavy (non-hydrogen) atoms. The molecule has 0 spiro atoms. The highest BCUT2D eigenvalue weighted by Gasteiger charge is 2.42. The van der Waals surface area contributed by atoms with E-state index in [9.17, 15) is 9.90 Å². The number of hydrogen-bond donors (Lipinski definition) is 1. The van der Waals surface area contributed by atoms with Crippen molar-refractivity contribution in [2.45, 2.75) is 53.1 Å². The van der Waals surface area contributed by atoms with Gasteiger partial charge in [0.25, 0.3) is 0 Å². The molecule has 2 heterocycles. The van der Waals surface area contributed by atoms with Crippen molar-refractivity contribution >= 4 is 5.97 Å². The van der Waals surface area contributed by atoms with Crippen LogP contribution in [0.5, 0.6) is 11.5 Å². The quantitative estimate of drug-likeness (QED) is 0.465. The second-order valence-electron chi connectivity index (χ2n) is 9.66. The third-order valence-corrected chi connectivity index (χ3v) is 6.01. The molecule has 0 bridgehead atoms. The number of hydrogen-bond acceptors (Lipinski definition) is 5. The summed E-state index contributed by atoms with van der Waals surface area (Å²) >= 11 is 0. The summed E-state index contributed by atoms with van der Waals surface area (Å²) in [5, 5.41) is 9.66. The number of aromatic nitrogens is 1. The SMILES string of the molecule is Cc1oc(-c2ccccc2)nc1CCCOc1ccc2c(c1)OC(C(C)(C)C)C(C(=O)O)C2. The lowest BCUT2D eigenvalue weighted by atomic mass is 9.77. The van der Waals surface area contributed by atoms with Crippen LogP contribution in [0.1, 0.15) is 44.2 Å². The Labute approximate surface area is 194 Å².